The second kappa shape index (κ2) is 7.76. The fourth-order valence-corrected chi connectivity index (χ4v) is 3.30. The first-order valence-electron chi connectivity index (χ1n) is 7.79. The molecular formula is C15H25N5O2S. The standard InChI is InChI=1S/C15H25N5O2S/c1-2-20-9-3-4-13(20)11-19-15(16)18-10-12-5-7-14(8-6-12)23(17,21)22/h5-8,13H,2-4,9-11H2,1H3,(H3,16,18,19)(H2,17,21,22). The molecule has 5 N–H and O–H groups in total. The minimum atomic E-state index is -3.65. The molecule has 0 saturated carbocycles. The van der Waals surface area contributed by atoms with E-state index in [4.69, 9.17) is 10.9 Å². The predicted molar refractivity (Wildman–Crippen MR) is 91.4 cm³/mol. The number of hydrogen-bond donors (Lipinski definition) is 3. The van der Waals surface area contributed by atoms with Gasteiger partial charge in [0.05, 0.1) is 11.4 Å². The van der Waals surface area contributed by atoms with Crippen molar-refractivity contribution in [3.05, 3.63) is 29.8 Å². The monoisotopic (exact) mass is 339 g/mol. The lowest BCUT2D eigenvalue weighted by Gasteiger charge is -2.23. The quantitative estimate of drug-likeness (QED) is 0.507. The van der Waals surface area contributed by atoms with E-state index in [0.29, 0.717) is 18.5 Å². The Kier molecular flexibility index (Phi) is 5.97. The molecule has 1 atom stereocenters. The molecule has 1 aromatic carbocycles. The summed E-state index contributed by atoms with van der Waals surface area (Å²) in [6.07, 6.45) is 2.41. The number of benzene rings is 1. The summed E-state index contributed by atoms with van der Waals surface area (Å²) in [5.41, 5.74) is 6.76. The largest absolute Gasteiger partial charge is 0.370 e. The number of primary sulfonamides is 1. The SMILES string of the molecule is CCN1CCCC1CNC(N)=NCc1ccc(S(N)(=O)=O)cc1. The molecule has 23 heavy (non-hydrogen) atoms. The van der Waals surface area contributed by atoms with Gasteiger partial charge in [0.15, 0.2) is 5.96 Å². The van der Waals surface area contributed by atoms with Crippen molar-refractivity contribution in [1.82, 2.24) is 10.2 Å². The summed E-state index contributed by atoms with van der Waals surface area (Å²) >= 11 is 0. The van der Waals surface area contributed by atoms with Crippen LogP contribution in [0.2, 0.25) is 0 Å². The number of sulfonamides is 1. The number of likely N-dealkylation sites (tertiary alicyclic amines) is 1. The molecule has 0 bridgehead atoms. The van der Waals surface area contributed by atoms with Gasteiger partial charge in [0, 0.05) is 12.6 Å². The summed E-state index contributed by atoms with van der Waals surface area (Å²) in [4.78, 5) is 6.81. The lowest BCUT2D eigenvalue weighted by Crippen LogP contribution is -2.42. The lowest BCUT2D eigenvalue weighted by molar-refractivity contribution is 0.267. The van der Waals surface area contributed by atoms with E-state index < -0.39 is 10.0 Å². The topological polar surface area (TPSA) is 114 Å². The first-order chi connectivity index (χ1) is 10.9. The van der Waals surface area contributed by atoms with Gasteiger partial charge < -0.3 is 11.1 Å². The minimum absolute atomic E-state index is 0.0946. The van der Waals surface area contributed by atoms with Gasteiger partial charge in [-0.05, 0) is 43.6 Å². The van der Waals surface area contributed by atoms with Gasteiger partial charge in [-0.3, -0.25) is 4.90 Å². The molecule has 0 spiro atoms. The molecule has 1 unspecified atom stereocenters. The van der Waals surface area contributed by atoms with E-state index in [0.717, 1.165) is 25.2 Å². The van der Waals surface area contributed by atoms with Gasteiger partial charge in [-0.25, -0.2) is 18.5 Å². The number of nitrogens with two attached hydrogens (primary N) is 2. The zero-order valence-corrected chi connectivity index (χ0v) is 14.2. The number of guanidine groups is 1. The average molecular weight is 339 g/mol. The molecule has 8 heteroatoms. The van der Waals surface area contributed by atoms with Crippen molar-refractivity contribution in [2.24, 2.45) is 15.9 Å². The van der Waals surface area contributed by atoms with Gasteiger partial charge in [-0.15, -0.1) is 0 Å². The number of rotatable bonds is 6. The van der Waals surface area contributed by atoms with Crippen LogP contribution in [0.3, 0.4) is 0 Å². The van der Waals surface area contributed by atoms with Crippen LogP contribution in [0, 0.1) is 0 Å². The van der Waals surface area contributed by atoms with Crippen molar-refractivity contribution >= 4 is 16.0 Å². The van der Waals surface area contributed by atoms with Crippen LogP contribution in [0.1, 0.15) is 25.3 Å². The Bertz CT molecular complexity index is 642. The van der Waals surface area contributed by atoms with Crippen molar-refractivity contribution in [3.8, 4) is 0 Å². The molecule has 1 aliphatic heterocycles. The maximum Gasteiger partial charge on any atom is 0.238 e. The Morgan fingerprint density at radius 2 is 2.09 bits per heavy atom. The highest BCUT2D eigenvalue weighted by Gasteiger charge is 2.22. The molecule has 1 fully saturated rings. The normalized spacial score (nSPS) is 19.9. The summed E-state index contributed by atoms with van der Waals surface area (Å²) in [5.74, 6) is 0.406. The van der Waals surface area contributed by atoms with E-state index in [-0.39, 0.29) is 4.90 Å². The smallest absolute Gasteiger partial charge is 0.238 e. The molecule has 0 radical (unpaired) electrons. The van der Waals surface area contributed by atoms with Gasteiger partial charge in [0.2, 0.25) is 10.0 Å². The third kappa shape index (κ3) is 5.19. The van der Waals surface area contributed by atoms with Crippen LogP contribution >= 0.6 is 0 Å². The fourth-order valence-electron chi connectivity index (χ4n) is 2.78. The highest BCUT2D eigenvalue weighted by atomic mass is 32.2. The van der Waals surface area contributed by atoms with Crippen molar-refractivity contribution in [1.29, 1.82) is 0 Å². The maximum atomic E-state index is 11.2. The minimum Gasteiger partial charge on any atom is -0.370 e. The third-order valence-electron chi connectivity index (χ3n) is 4.11. The second-order valence-corrected chi connectivity index (χ2v) is 7.26. The molecule has 7 nitrogen and oxygen atoms in total. The van der Waals surface area contributed by atoms with Crippen LogP contribution in [0.25, 0.3) is 0 Å². The highest BCUT2D eigenvalue weighted by Crippen LogP contribution is 2.15. The molecule has 1 heterocycles. The highest BCUT2D eigenvalue weighted by molar-refractivity contribution is 7.89. The zero-order valence-electron chi connectivity index (χ0n) is 13.4. The molecule has 0 aromatic heterocycles. The fraction of sp³-hybridized carbons (Fsp3) is 0.533. The van der Waals surface area contributed by atoms with Crippen LogP contribution in [-0.4, -0.2) is 45.0 Å². The number of nitrogens with one attached hydrogen (secondary N) is 1. The Hall–Kier alpha value is -1.64. The first-order valence-corrected chi connectivity index (χ1v) is 9.34. The van der Waals surface area contributed by atoms with Gasteiger partial charge in [0.1, 0.15) is 0 Å². The summed E-state index contributed by atoms with van der Waals surface area (Å²) < 4.78 is 22.4. The first kappa shape index (κ1) is 17.7. The summed E-state index contributed by atoms with van der Waals surface area (Å²) in [6.45, 7) is 5.57. The number of aliphatic imine (C=N–C) groups is 1. The third-order valence-corrected chi connectivity index (χ3v) is 5.04. The molecule has 1 aliphatic rings. The second-order valence-electron chi connectivity index (χ2n) is 5.70. The van der Waals surface area contributed by atoms with E-state index in [1.807, 2.05) is 0 Å². The van der Waals surface area contributed by atoms with E-state index >= 15 is 0 Å². The van der Waals surface area contributed by atoms with Crippen LogP contribution in [-0.2, 0) is 16.6 Å². The molecule has 1 aromatic rings. The number of likely N-dealkylation sites (N-methyl/N-ethyl adjacent to an activating group) is 1. The summed E-state index contributed by atoms with van der Waals surface area (Å²) in [6, 6.07) is 6.84. The van der Waals surface area contributed by atoms with Crippen molar-refractivity contribution in [2.75, 3.05) is 19.6 Å². The van der Waals surface area contributed by atoms with Gasteiger partial charge >= 0.3 is 0 Å². The van der Waals surface area contributed by atoms with E-state index in [1.54, 1.807) is 12.1 Å². The maximum absolute atomic E-state index is 11.2. The molecule has 0 aliphatic carbocycles. The van der Waals surface area contributed by atoms with Crippen molar-refractivity contribution in [3.63, 3.8) is 0 Å². The van der Waals surface area contributed by atoms with E-state index in [1.165, 1.54) is 25.0 Å². The van der Waals surface area contributed by atoms with Gasteiger partial charge in [0.25, 0.3) is 0 Å². The number of nitrogens with zero attached hydrogens (tertiary/aromatic N) is 2. The van der Waals surface area contributed by atoms with Gasteiger partial charge in [-0.2, -0.15) is 0 Å². The van der Waals surface area contributed by atoms with Crippen LogP contribution < -0.4 is 16.2 Å². The van der Waals surface area contributed by atoms with E-state index in [2.05, 4.69) is 22.1 Å². The molecule has 0 amide bonds. The number of hydrogen-bond acceptors (Lipinski definition) is 4. The summed E-state index contributed by atoms with van der Waals surface area (Å²) in [5, 5.41) is 8.23. The Labute approximate surface area is 137 Å². The zero-order chi connectivity index (χ0) is 16.9. The lowest BCUT2D eigenvalue weighted by atomic mass is 10.2. The van der Waals surface area contributed by atoms with E-state index in [9.17, 15) is 8.42 Å². The molecule has 128 valence electrons. The Balaban J connectivity index is 1.84. The molecule has 2 rings (SSSR count). The Morgan fingerprint density at radius 1 is 1.39 bits per heavy atom. The average Bonchev–Trinajstić information content (AvgIpc) is 2.98. The van der Waals surface area contributed by atoms with Crippen LogP contribution in [0.4, 0.5) is 0 Å². The predicted octanol–water partition coefficient (Wildman–Crippen LogP) is 0.223. The van der Waals surface area contributed by atoms with Crippen molar-refractivity contribution < 1.29 is 8.42 Å². The molecule has 1 saturated heterocycles. The Morgan fingerprint density at radius 3 is 2.70 bits per heavy atom. The molecular weight excluding hydrogens is 314 g/mol. The summed E-state index contributed by atoms with van der Waals surface area (Å²) in [7, 11) is -3.65. The van der Waals surface area contributed by atoms with Crippen LogP contribution in [0.5, 0.6) is 0 Å². The van der Waals surface area contributed by atoms with Crippen LogP contribution in [0.15, 0.2) is 34.2 Å². The van der Waals surface area contributed by atoms with Crippen molar-refractivity contribution in [2.45, 2.75) is 37.2 Å². The van der Waals surface area contributed by atoms with Gasteiger partial charge in [-0.1, -0.05) is 19.1 Å².